The highest BCUT2D eigenvalue weighted by Crippen LogP contribution is 2.48. The second-order valence-electron chi connectivity index (χ2n) is 7.80. The number of benzene rings is 1. The number of hydrogen-bond donors (Lipinski definition) is 0. The summed E-state index contributed by atoms with van der Waals surface area (Å²) in [7, 11) is 0. The molecule has 1 nitrogen and oxygen atoms in total. The molecule has 1 heteroatoms. The van der Waals surface area contributed by atoms with Crippen molar-refractivity contribution in [1.82, 2.24) is 4.90 Å². The van der Waals surface area contributed by atoms with Crippen LogP contribution in [-0.4, -0.2) is 24.0 Å². The van der Waals surface area contributed by atoms with E-state index in [0.717, 1.165) is 6.04 Å². The molecule has 1 aliphatic heterocycles. The fourth-order valence-corrected chi connectivity index (χ4v) is 5.17. The molecule has 2 aliphatic carbocycles. The first-order valence-corrected chi connectivity index (χ1v) is 9.16. The Morgan fingerprint density at radius 1 is 0.810 bits per heavy atom. The van der Waals surface area contributed by atoms with E-state index in [1.165, 1.54) is 77.3 Å². The molecule has 21 heavy (non-hydrogen) atoms. The molecule has 1 spiro atoms. The molecule has 0 N–H and O–H groups in total. The van der Waals surface area contributed by atoms with E-state index in [1.54, 1.807) is 11.1 Å². The fourth-order valence-electron chi connectivity index (χ4n) is 5.17. The molecule has 2 fully saturated rings. The lowest BCUT2D eigenvalue weighted by atomic mass is 9.70. The van der Waals surface area contributed by atoms with Gasteiger partial charge in [0.1, 0.15) is 0 Å². The molecule has 1 heterocycles. The highest BCUT2D eigenvalue weighted by atomic mass is 15.2. The Bertz CT molecular complexity index is 449. The van der Waals surface area contributed by atoms with Gasteiger partial charge in [0.2, 0.25) is 0 Å². The van der Waals surface area contributed by atoms with Crippen LogP contribution in [0.5, 0.6) is 0 Å². The first-order chi connectivity index (χ1) is 10.3. The molecule has 1 saturated carbocycles. The van der Waals surface area contributed by atoms with Gasteiger partial charge in [-0.25, -0.2) is 0 Å². The van der Waals surface area contributed by atoms with Crippen LogP contribution in [0.3, 0.4) is 0 Å². The smallest absolute Gasteiger partial charge is 0.00956 e. The molecule has 1 aromatic carbocycles. The molecule has 0 bridgehead atoms. The van der Waals surface area contributed by atoms with Crippen molar-refractivity contribution in [2.24, 2.45) is 5.41 Å². The van der Waals surface area contributed by atoms with Gasteiger partial charge in [-0.3, -0.25) is 0 Å². The van der Waals surface area contributed by atoms with Gasteiger partial charge in [-0.2, -0.15) is 0 Å². The third-order valence-electron chi connectivity index (χ3n) is 6.42. The van der Waals surface area contributed by atoms with E-state index in [0.29, 0.717) is 5.41 Å². The largest absolute Gasteiger partial charge is 0.300 e. The van der Waals surface area contributed by atoms with Crippen LogP contribution in [0, 0.1) is 5.41 Å². The average molecular weight is 283 g/mol. The van der Waals surface area contributed by atoms with E-state index < -0.39 is 0 Å². The van der Waals surface area contributed by atoms with E-state index in [9.17, 15) is 0 Å². The quantitative estimate of drug-likeness (QED) is 0.728. The maximum absolute atomic E-state index is 2.84. The fraction of sp³-hybridized carbons (Fsp3) is 0.700. The maximum atomic E-state index is 2.84. The summed E-state index contributed by atoms with van der Waals surface area (Å²) in [6, 6.07) is 10.1. The van der Waals surface area contributed by atoms with Gasteiger partial charge in [0, 0.05) is 6.04 Å². The molecular formula is C20H29N. The molecule has 1 aromatic rings. The summed E-state index contributed by atoms with van der Waals surface area (Å²) in [6.07, 6.45) is 14.3. The molecule has 0 amide bonds. The summed E-state index contributed by atoms with van der Waals surface area (Å²) in [5.74, 6) is 0. The van der Waals surface area contributed by atoms with Crippen LogP contribution in [0.25, 0.3) is 0 Å². The third-order valence-corrected chi connectivity index (χ3v) is 6.42. The van der Waals surface area contributed by atoms with Crippen molar-refractivity contribution in [2.75, 3.05) is 13.1 Å². The first kappa shape index (κ1) is 13.8. The Morgan fingerprint density at radius 2 is 1.38 bits per heavy atom. The number of rotatable bonds is 1. The molecular weight excluding hydrogens is 254 g/mol. The lowest BCUT2D eigenvalue weighted by Crippen LogP contribution is -2.41. The van der Waals surface area contributed by atoms with E-state index in [-0.39, 0.29) is 0 Å². The van der Waals surface area contributed by atoms with Gasteiger partial charge in [-0.15, -0.1) is 0 Å². The Balaban J connectivity index is 1.39. The summed E-state index contributed by atoms with van der Waals surface area (Å²) in [5.41, 5.74) is 3.92. The second-order valence-corrected chi connectivity index (χ2v) is 7.80. The number of fused-ring (bicyclic) bond motifs is 1. The van der Waals surface area contributed by atoms with Gasteiger partial charge in [-0.05, 0) is 81.0 Å². The van der Waals surface area contributed by atoms with Crippen LogP contribution < -0.4 is 0 Å². The SMILES string of the molecule is c1ccc2c(c1)CC1(CCC(N3CCCCCC3)CC1)C2. The molecule has 4 rings (SSSR count). The third kappa shape index (κ3) is 2.77. The summed E-state index contributed by atoms with van der Waals surface area (Å²) in [5, 5.41) is 0. The summed E-state index contributed by atoms with van der Waals surface area (Å²) in [4.78, 5) is 2.84. The maximum Gasteiger partial charge on any atom is 0.00956 e. The van der Waals surface area contributed by atoms with Gasteiger partial charge in [0.25, 0.3) is 0 Å². The number of likely N-dealkylation sites (tertiary alicyclic amines) is 1. The van der Waals surface area contributed by atoms with Crippen molar-refractivity contribution >= 4 is 0 Å². The van der Waals surface area contributed by atoms with Crippen LogP contribution in [0.15, 0.2) is 24.3 Å². The highest BCUT2D eigenvalue weighted by molar-refractivity contribution is 5.34. The van der Waals surface area contributed by atoms with Crippen molar-refractivity contribution in [1.29, 1.82) is 0 Å². The van der Waals surface area contributed by atoms with E-state index in [2.05, 4.69) is 29.2 Å². The minimum absolute atomic E-state index is 0.631. The van der Waals surface area contributed by atoms with E-state index in [4.69, 9.17) is 0 Å². The molecule has 0 atom stereocenters. The van der Waals surface area contributed by atoms with Gasteiger partial charge in [0.05, 0.1) is 0 Å². The van der Waals surface area contributed by atoms with Crippen molar-refractivity contribution in [3.05, 3.63) is 35.4 Å². The number of nitrogens with zero attached hydrogens (tertiary/aromatic N) is 1. The molecule has 1 saturated heterocycles. The highest BCUT2D eigenvalue weighted by Gasteiger charge is 2.41. The minimum Gasteiger partial charge on any atom is -0.300 e. The predicted molar refractivity (Wildman–Crippen MR) is 88.6 cm³/mol. The lowest BCUT2D eigenvalue weighted by Gasteiger charge is -2.41. The molecule has 114 valence electrons. The number of hydrogen-bond acceptors (Lipinski definition) is 1. The van der Waals surface area contributed by atoms with Crippen LogP contribution >= 0.6 is 0 Å². The lowest BCUT2D eigenvalue weighted by molar-refractivity contribution is 0.0953. The van der Waals surface area contributed by atoms with Gasteiger partial charge in [-0.1, -0.05) is 37.1 Å². The van der Waals surface area contributed by atoms with Crippen LogP contribution in [0.2, 0.25) is 0 Å². The van der Waals surface area contributed by atoms with Crippen LogP contribution in [0.4, 0.5) is 0 Å². The topological polar surface area (TPSA) is 3.24 Å². The second kappa shape index (κ2) is 5.76. The van der Waals surface area contributed by atoms with Crippen LogP contribution in [-0.2, 0) is 12.8 Å². The first-order valence-electron chi connectivity index (χ1n) is 9.16. The van der Waals surface area contributed by atoms with Gasteiger partial charge >= 0.3 is 0 Å². The Kier molecular flexibility index (Phi) is 3.79. The van der Waals surface area contributed by atoms with E-state index >= 15 is 0 Å². The van der Waals surface area contributed by atoms with Crippen molar-refractivity contribution in [2.45, 2.75) is 70.3 Å². The summed E-state index contributed by atoms with van der Waals surface area (Å²) < 4.78 is 0. The summed E-state index contributed by atoms with van der Waals surface area (Å²) in [6.45, 7) is 2.75. The van der Waals surface area contributed by atoms with Crippen molar-refractivity contribution < 1.29 is 0 Å². The zero-order valence-corrected chi connectivity index (χ0v) is 13.3. The standard InChI is InChI=1S/C20H29N/c1-2-6-14-21(13-5-1)19-9-11-20(12-10-19)15-17-7-3-4-8-18(17)16-20/h3-4,7-8,19H,1-2,5-6,9-16H2. The minimum atomic E-state index is 0.631. The van der Waals surface area contributed by atoms with Gasteiger partial charge < -0.3 is 4.90 Å². The van der Waals surface area contributed by atoms with Crippen molar-refractivity contribution in [3.8, 4) is 0 Å². The molecule has 0 aromatic heterocycles. The van der Waals surface area contributed by atoms with Gasteiger partial charge in [0.15, 0.2) is 0 Å². The molecule has 3 aliphatic rings. The Labute approximate surface area is 129 Å². The summed E-state index contributed by atoms with van der Waals surface area (Å²) >= 11 is 0. The normalized spacial score (nSPS) is 26.7. The van der Waals surface area contributed by atoms with Crippen LogP contribution in [0.1, 0.15) is 62.5 Å². The van der Waals surface area contributed by atoms with E-state index in [1.807, 2.05) is 0 Å². The van der Waals surface area contributed by atoms with Crippen molar-refractivity contribution in [3.63, 3.8) is 0 Å². The molecule has 0 unspecified atom stereocenters. The predicted octanol–water partition coefficient (Wildman–Crippen LogP) is 4.59. The monoisotopic (exact) mass is 283 g/mol. The zero-order valence-electron chi connectivity index (χ0n) is 13.3. The average Bonchev–Trinajstić information content (AvgIpc) is 2.69. The Hall–Kier alpha value is -0.820. The zero-order chi connectivity index (χ0) is 14.1. The molecule has 0 radical (unpaired) electrons. The Morgan fingerprint density at radius 3 is 1.95 bits per heavy atom.